The van der Waals surface area contributed by atoms with Gasteiger partial charge in [0.25, 0.3) is 0 Å². The molecule has 1 N–H and O–H groups in total. The van der Waals surface area contributed by atoms with Crippen LogP contribution in [0.5, 0.6) is 6.01 Å². The van der Waals surface area contributed by atoms with E-state index in [1.54, 1.807) is 18.4 Å². The van der Waals surface area contributed by atoms with Gasteiger partial charge >= 0.3 is 6.01 Å². The second-order valence-corrected chi connectivity index (χ2v) is 4.35. The average molecular weight is 250 g/mol. The first-order valence-electron chi connectivity index (χ1n) is 5.33. The summed E-state index contributed by atoms with van der Waals surface area (Å²) < 4.78 is 5.08. The van der Waals surface area contributed by atoms with Crippen LogP contribution in [0.2, 0.25) is 0 Å². The van der Waals surface area contributed by atoms with Crippen molar-refractivity contribution < 1.29 is 4.74 Å². The SMILES string of the molecule is CCNc1nc(OC)nc(-c2sccc2C)n1. The van der Waals surface area contributed by atoms with Crippen molar-refractivity contribution in [3.05, 3.63) is 17.0 Å². The van der Waals surface area contributed by atoms with Gasteiger partial charge in [-0.25, -0.2) is 0 Å². The first kappa shape index (κ1) is 11.8. The van der Waals surface area contributed by atoms with Crippen LogP contribution in [0, 0.1) is 6.92 Å². The lowest BCUT2D eigenvalue weighted by Gasteiger charge is -2.06. The summed E-state index contributed by atoms with van der Waals surface area (Å²) in [6, 6.07) is 2.38. The van der Waals surface area contributed by atoms with Gasteiger partial charge in [0, 0.05) is 6.54 Å². The molecule has 2 heterocycles. The average Bonchev–Trinajstić information content (AvgIpc) is 2.75. The van der Waals surface area contributed by atoms with E-state index in [0.29, 0.717) is 17.8 Å². The lowest BCUT2D eigenvalue weighted by atomic mass is 10.3. The quantitative estimate of drug-likeness (QED) is 0.902. The van der Waals surface area contributed by atoms with Gasteiger partial charge in [0.1, 0.15) is 0 Å². The molecule has 5 nitrogen and oxygen atoms in total. The Kier molecular flexibility index (Phi) is 3.53. The third-order valence-corrected chi connectivity index (χ3v) is 3.21. The van der Waals surface area contributed by atoms with Gasteiger partial charge in [0.2, 0.25) is 5.95 Å². The van der Waals surface area contributed by atoms with Crippen LogP contribution < -0.4 is 10.1 Å². The fourth-order valence-electron chi connectivity index (χ4n) is 1.39. The third kappa shape index (κ3) is 2.52. The Morgan fingerprint density at radius 2 is 2.18 bits per heavy atom. The Hall–Kier alpha value is -1.69. The molecule has 0 bridgehead atoms. The number of nitrogens with one attached hydrogen (secondary N) is 1. The second kappa shape index (κ2) is 5.09. The molecule has 0 saturated carbocycles. The van der Waals surface area contributed by atoms with Gasteiger partial charge in [-0.05, 0) is 30.9 Å². The largest absolute Gasteiger partial charge is 0.467 e. The lowest BCUT2D eigenvalue weighted by molar-refractivity contribution is 0.379. The fraction of sp³-hybridized carbons (Fsp3) is 0.364. The Morgan fingerprint density at radius 1 is 1.35 bits per heavy atom. The van der Waals surface area contributed by atoms with E-state index in [1.165, 1.54) is 0 Å². The predicted molar refractivity (Wildman–Crippen MR) is 68.6 cm³/mol. The predicted octanol–water partition coefficient (Wildman–Crippen LogP) is 2.35. The minimum Gasteiger partial charge on any atom is -0.467 e. The van der Waals surface area contributed by atoms with Crippen molar-refractivity contribution >= 4 is 17.3 Å². The van der Waals surface area contributed by atoms with Crippen LogP contribution >= 0.6 is 11.3 Å². The van der Waals surface area contributed by atoms with Gasteiger partial charge in [-0.2, -0.15) is 15.0 Å². The van der Waals surface area contributed by atoms with E-state index in [4.69, 9.17) is 4.74 Å². The molecule has 0 fully saturated rings. The van der Waals surface area contributed by atoms with Gasteiger partial charge < -0.3 is 10.1 Å². The van der Waals surface area contributed by atoms with Crippen LogP contribution in [0.4, 0.5) is 5.95 Å². The topological polar surface area (TPSA) is 59.9 Å². The van der Waals surface area contributed by atoms with Gasteiger partial charge in [-0.15, -0.1) is 11.3 Å². The van der Waals surface area contributed by atoms with Crippen LogP contribution in [-0.2, 0) is 0 Å². The molecular weight excluding hydrogens is 236 g/mol. The molecule has 0 spiro atoms. The van der Waals surface area contributed by atoms with E-state index in [-0.39, 0.29) is 0 Å². The first-order valence-corrected chi connectivity index (χ1v) is 6.21. The summed E-state index contributed by atoms with van der Waals surface area (Å²) in [5.41, 5.74) is 1.16. The van der Waals surface area contributed by atoms with Crippen LogP contribution in [0.15, 0.2) is 11.4 Å². The zero-order valence-electron chi connectivity index (χ0n) is 10.0. The zero-order chi connectivity index (χ0) is 12.3. The third-order valence-electron chi connectivity index (χ3n) is 2.20. The zero-order valence-corrected chi connectivity index (χ0v) is 10.8. The molecule has 17 heavy (non-hydrogen) atoms. The van der Waals surface area contributed by atoms with Gasteiger partial charge in [0.05, 0.1) is 12.0 Å². The van der Waals surface area contributed by atoms with Gasteiger partial charge in [0.15, 0.2) is 5.82 Å². The molecule has 0 saturated heterocycles. The molecule has 0 aliphatic rings. The normalized spacial score (nSPS) is 10.3. The molecule has 0 unspecified atom stereocenters. The number of nitrogens with zero attached hydrogens (tertiary/aromatic N) is 3. The molecule has 90 valence electrons. The highest BCUT2D eigenvalue weighted by Crippen LogP contribution is 2.27. The summed E-state index contributed by atoms with van der Waals surface area (Å²) >= 11 is 1.61. The monoisotopic (exact) mass is 250 g/mol. The molecular formula is C11H14N4OS. The van der Waals surface area contributed by atoms with E-state index in [9.17, 15) is 0 Å². The minimum atomic E-state index is 0.332. The number of methoxy groups -OCH3 is 1. The summed E-state index contributed by atoms with van der Waals surface area (Å²) in [6.07, 6.45) is 0. The van der Waals surface area contributed by atoms with Crippen molar-refractivity contribution in [1.82, 2.24) is 15.0 Å². The highest BCUT2D eigenvalue weighted by Gasteiger charge is 2.11. The van der Waals surface area contributed by atoms with Crippen molar-refractivity contribution in [1.29, 1.82) is 0 Å². The van der Waals surface area contributed by atoms with E-state index in [0.717, 1.165) is 17.0 Å². The van der Waals surface area contributed by atoms with E-state index >= 15 is 0 Å². The molecule has 2 aromatic heterocycles. The Balaban J connectivity index is 2.46. The number of hydrogen-bond donors (Lipinski definition) is 1. The standard InChI is InChI=1S/C11H14N4OS/c1-4-12-10-13-9(14-11(15-10)16-3)8-7(2)5-6-17-8/h5-6H,4H2,1-3H3,(H,12,13,14,15). The summed E-state index contributed by atoms with van der Waals surface area (Å²) in [7, 11) is 1.55. The van der Waals surface area contributed by atoms with E-state index in [1.807, 2.05) is 25.3 Å². The molecule has 0 aromatic carbocycles. The van der Waals surface area contributed by atoms with Crippen molar-refractivity contribution in [2.75, 3.05) is 19.0 Å². The van der Waals surface area contributed by atoms with Crippen molar-refractivity contribution in [3.63, 3.8) is 0 Å². The molecule has 0 atom stereocenters. The molecule has 0 aliphatic heterocycles. The van der Waals surface area contributed by atoms with Crippen LogP contribution in [0.1, 0.15) is 12.5 Å². The molecule has 0 aliphatic carbocycles. The smallest absolute Gasteiger partial charge is 0.321 e. The minimum absolute atomic E-state index is 0.332. The Morgan fingerprint density at radius 3 is 2.76 bits per heavy atom. The summed E-state index contributed by atoms with van der Waals surface area (Å²) in [5, 5.41) is 5.09. The number of ether oxygens (including phenoxy) is 1. The van der Waals surface area contributed by atoms with E-state index in [2.05, 4.69) is 20.3 Å². The molecule has 6 heteroatoms. The molecule has 2 rings (SSSR count). The summed E-state index contributed by atoms with van der Waals surface area (Å²) in [4.78, 5) is 13.8. The van der Waals surface area contributed by atoms with Crippen LogP contribution in [0.25, 0.3) is 10.7 Å². The van der Waals surface area contributed by atoms with Crippen molar-refractivity contribution in [2.45, 2.75) is 13.8 Å². The number of rotatable bonds is 4. The maximum Gasteiger partial charge on any atom is 0.321 e. The number of aromatic nitrogens is 3. The molecule has 2 aromatic rings. The van der Waals surface area contributed by atoms with Crippen LogP contribution in [0.3, 0.4) is 0 Å². The Labute approximate surface area is 104 Å². The highest BCUT2D eigenvalue weighted by atomic mass is 32.1. The number of thiophene rings is 1. The number of anilines is 1. The van der Waals surface area contributed by atoms with Crippen molar-refractivity contribution in [2.24, 2.45) is 0 Å². The highest BCUT2D eigenvalue weighted by molar-refractivity contribution is 7.13. The molecule has 0 amide bonds. The first-order chi connectivity index (χ1) is 8.24. The Bertz CT molecular complexity index is 512. The maximum atomic E-state index is 5.08. The second-order valence-electron chi connectivity index (χ2n) is 3.43. The number of hydrogen-bond acceptors (Lipinski definition) is 6. The fourth-order valence-corrected chi connectivity index (χ4v) is 2.25. The summed E-state index contributed by atoms with van der Waals surface area (Å²) in [5.74, 6) is 1.20. The van der Waals surface area contributed by atoms with Crippen molar-refractivity contribution in [3.8, 4) is 16.7 Å². The van der Waals surface area contributed by atoms with Gasteiger partial charge in [-0.1, -0.05) is 0 Å². The van der Waals surface area contributed by atoms with Gasteiger partial charge in [-0.3, -0.25) is 0 Å². The number of aryl methyl sites for hydroxylation is 1. The van der Waals surface area contributed by atoms with E-state index < -0.39 is 0 Å². The summed E-state index contributed by atoms with van der Waals surface area (Å²) in [6.45, 7) is 4.79. The lowest BCUT2D eigenvalue weighted by Crippen LogP contribution is -2.06. The maximum absolute atomic E-state index is 5.08. The van der Waals surface area contributed by atoms with Crippen LogP contribution in [-0.4, -0.2) is 28.6 Å². The molecule has 0 radical (unpaired) electrons.